The van der Waals surface area contributed by atoms with Gasteiger partial charge in [0, 0.05) is 6.04 Å². The molecule has 3 atom stereocenters. The zero-order chi connectivity index (χ0) is 11.3. The van der Waals surface area contributed by atoms with Gasteiger partial charge in [0.05, 0.1) is 6.04 Å². The molecule has 0 bridgehead atoms. The summed E-state index contributed by atoms with van der Waals surface area (Å²) in [6.45, 7) is 4.15. The number of carbonyl (C=O) groups is 1. The van der Waals surface area contributed by atoms with Crippen molar-refractivity contribution >= 4 is 18.3 Å². The maximum atomic E-state index is 11.7. The zero-order valence-electron chi connectivity index (χ0n) is 10.4. The van der Waals surface area contributed by atoms with Crippen LogP contribution in [0, 0.1) is 5.92 Å². The number of nitrogens with two attached hydrogens (primary N) is 1. The van der Waals surface area contributed by atoms with E-state index in [1.807, 2.05) is 6.92 Å². The van der Waals surface area contributed by atoms with Crippen LogP contribution in [0.25, 0.3) is 0 Å². The Bertz CT molecular complexity index is 211. The molecule has 1 aliphatic rings. The highest BCUT2D eigenvalue weighted by Gasteiger charge is 2.26. The molecule has 96 valence electrons. The minimum Gasteiger partial charge on any atom is -0.352 e. The van der Waals surface area contributed by atoms with Gasteiger partial charge in [0.15, 0.2) is 0 Å². The molecule has 4 heteroatoms. The maximum absolute atomic E-state index is 11.7. The van der Waals surface area contributed by atoms with Crippen molar-refractivity contribution in [3.8, 4) is 0 Å². The van der Waals surface area contributed by atoms with E-state index in [1.54, 1.807) is 0 Å². The molecule has 1 rings (SSSR count). The van der Waals surface area contributed by atoms with Gasteiger partial charge in [-0.1, -0.05) is 33.1 Å². The smallest absolute Gasteiger partial charge is 0.237 e. The van der Waals surface area contributed by atoms with Gasteiger partial charge in [0.25, 0.3) is 0 Å². The maximum Gasteiger partial charge on any atom is 0.237 e. The summed E-state index contributed by atoms with van der Waals surface area (Å²) in [7, 11) is 0. The first-order valence-electron chi connectivity index (χ1n) is 6.25. The van der Waals surface area contributed by atoms with Gasteiger partial charge in [0.2, 0.25) is 5.91 Å². The highest BCUT2D eigenvalue weighted by molar-refractivity contribution is 5.85. The second kappa shape index (κ2) is 7.91. The van der Waals surface area contributed by atoms with Crippen molar-refractivity contribution in [3.05, 3.63) is 0 Å². The quantitative estimate of drug-likeness (QED) is 0.802. The average Bonchev–Trinajstić information content (AvgIpc) is 2.28. The molecule has 0 radical (unpaired) electrons. The zero-order valence-corrected chi connectivity index (χ0v) is 11.2. The van der Waals surface area contributed by atoms with E-state index < -0.39 is 0 Å². The Balaban J connectivity index is 0.00000225. The molecule has 3 N–H and O–H groups in total. The molecule has 16 heavy (non-hydrogen) atoms. The third-order valence-electron chi connectivity index (χ3n) is 3.54. The van der Waals surface area contributed by atoms with Crippen LogP contribution in [0.1, 0.15) is 52.4 Å². The van der Waals surface area contributed by atoms with Crippen LogP contribution in [-0.4, -0.2) is 18.0 Å². The van der Waals surface area contributed by atoms with E-state index >= 15 is 0 Å². The SMILES string of the molecule is CCC1CCCCC1NC(=O)[C@@H](N)CC.Cl. The molecule has 0 aromatic rings. The number of rotatable bonds is 4. The molecule has 2 unspecified atom stereocenters. The van der Waals surface area contributed by atoms with Crippen LogP contribution in [-0.2, 0) is 4.79 Å². The largest absolute Gasteiger partial charge is 0.352 e. The lowest BCUT2D eigenvalue weighted by atomic mass is 9.83. The van der Waals surface area contributed by atoms with Crippen LogP contribution in [0.5, 0.6) is 0 Å². The van der Waals surface area contributed by atoms with Crippen LogP contribution >= 0.6 is 12.4 Å². The van der Waals surface area contributed by atoms with Crippen molar-refractivity contribution < 1.29 is 4.79 Å². The number of halogens is 1. The van der Waals surface area contributed by atoms with E-state index in [0.717, 1.165) is 19.3 Å². The van der Waals surface area contributed by atoms with Gasteiger partial charge in [-0.2, -0.15) is 0 Å². The predicted octanol–water partition coefficient (Wildman–Crippen LogP) is 2.23. The molecule has 0 saturated heterocycles. The summed E-state index contributed by atoms with van der Waals surface area (Å²) < 4.78 is 0. The molecular formula is C12H25ClN2O. The fraction of sp³-hybridized carbons (Fsp3) is 0.917. The minimum atomic E-state index is -0.329. The Morgan fingerprint density at radius 1 is 1.38 bits per heavy atom. The first-order chi connectivity index (χ1) is 7.19. The molecule has 1 fully saturated rings. The van der Waals surface area contributed by atoms with Crippen molar-refractivity contribution in [2.75, 3.05) is 0 Å². The van der Waals surface area contributed by atoms with Crippen molar-refractivity contribution in [1.29, 1.82) is 0 Å². The summed E-state index contributed by atoms with van der Waals surface area (Å²) in [5, 5.41) is 3.11. The van der Waals surface area contributed by atoms with Gasteiger partial charge in [-0.15, -0.1) is 12.4 Å². The Hall–Kier alpha value is -0.280. The molecule has 0 heterocycles. The van der Waals surface area contributed by atoms with Crippen molar-refractivity contribution in [3.63, 3.8) is 0 Å². The number of nitrogens with one attached hydrogen (secondary N) is 1. The number of hydrogen-bond donors (Lipinski definition) is 2. The fourth-order valence-electron chi connectivity index (χ4n) is 2.36. The summed E-state index contributed by atoms with van der Waals surface area (Å²) >= 11 is 0. The van der Waals surface area contributed by atoms with Crippen LogP contribution in [0.2, 0.25) is 0 Å². The van der Waals surface area contributed by atoms with E-state index in [2.05, 4.69) is 12.2 Å². The number of amides is 1. The van der Waals surface area contributed by atoms with Gasteiger partial charge >= 0.3 is 0 Å². The van der Waals surface area contributed by atoms with E-state index in [1.165, 1.54) is 19.3 Å². The van der Waals surface area contributed by atoms with Crippen LogP contribution in [0.3, 0.4) is 0 Å². The second-order valence-electron chi connectivity index (χ2n) is 4.58. The topological polar surface area (TPSA) is 55.1 Å². The highest BCUT2D eigenvalue weighted by Crippen LogP contribution is 2.26. The standard InChI is InChI=1S/C12H24N2O.ClH/c1-3-9-7-5-6-8-11(9)14-12(15)10(13)4-2;/h9-11H,3-8,13H2,1-2H3,(H,14,15);1H/t9?,10-,11?;/m0./s1. The Kier molecular flexibility index (Phi) is 7.77. The number of hydrogen-bond acceptors (Lipinski definition) is 2. The molecule has 0 aromatic carbocycles. The summed E-state index contributed by atoms with van der Waals surface area (Å²) in [4.78, 5) is 11.7. The summed E-state index contributed by atoms with van der Waals surface area (Å²) in [6, 6.07) is 0.0401. The van der Waals surface area contributed by atoms with Gasteiger partial charge in [-0.3, -0.25) is 4.79 Å². The molecule has 1 amide bonds. The molecule has 1 saturated carbocycles. The fourth-order valence-corrected chi connectivity index (χ4v) is 2.36. The van der Waals surface area contributed by atoms with E-state index in [4.69, 9.17) is 5.73 Å². The van der Waals surface area contributed by atoms with Crippen LogP contribution in [0.4, 0.5) is 0 Å². The summed E-state index contributed by atoms with van der Waals surface area (Å²) in [5.74, 6) is 0.689. The highest BCUT2D eigenvalue weighted by atomic mass is 35.5. The number of carbonyl (C=O) groups excluding carboxylic acids is 1. The minimum absolute atomic E-state index is 0. The monoisotopic (exact) mass is 248 g/mol. The molecular weight excluding hydrogens is 224 g/mol. The van der Waals surface area contributed by atoms with Gasteiger partial charge in [-0.25, -0.2) is 0 Å². The van der Waals surface area contributed by atoms with E-state index in [-0.39, 0.29) is 24.4 Å². The third-order valence-corrected chi connectivity index (χ3v) is 3.54. The first kappa shape index (κ1) is 15.7. The lowest BCUT2D eigenvalue weighted by molar-refractivity contribution is -0.123. The Morgan fingerprint density at radius 2 is 2.00 bits per heavy atom. The third kappa shape index (κ3) is 4.30. The van der Waals surface area contributed by atoms with Crippen molar-refractivity contribution in [2.24, 2.45) is 11.7 Å². The van der Waals surface area contributed by atoms with Crippen molar-refractivity contribution in [2.45, 2.75) is 64.5 Å². The second-order valence-corrected chi connectivity index (χ2v) is 4.58. The van der Waals surface area contributed by atoms with E-state index in [0.29, 0.717) is 12.0 Å². The molecule has 1 aliphatic carbocycles. The average molecular weight is 249 g/mol. The molecule has 3 nitrogen and oxygen atoms in total. The van der Waals surface area contributed by atoms with Gasteiger partial charge in [-0.05, 0) is 25.2 Å². The summed E-state index contributed by atoms with van der Waals surface area (Å²) in [5.41, 5.74) is 5.71. The lowest BCUT2D eigenvalue weighted by Crippen LogP contribution is -2.48. The first-order valence-corrected chi connectivity index (χ1v) is 6.25. The lowest BCUT2D eigenvalue weighted by Gasteiger charge is -2.32. The van der Waals surface area contributed by atoms with E-state index in [9.17, 15) is 4.79 Å². The molecule has 0 spiro atoms. The molecule has 0 aliphatic heterocycles. The van der Waals surface area contributed by atoms with Gasteiger partial charge in [0.1, 0.15) is 0 Å². The summed E-state index contributed by atoms with van der Waals surface area (Å²) in [6.07, 6.45) is 6.80. The van der Waals surface area contributed by atoms with Crippen molar-refractivity contribution in [1.82, 2.24) is 5.32 Å². The van der Waals surface area contributed by atoms with Crippen LogP contribution < -0.4 is 11.1 Å². The normalized spacial score (nSPS) is 26.7. The Labute approximate surface area is 105 Å². The molecule has 0 aromatic heterocycles. The Morgan fingerprint density at radius 3 is 2.56 bits per heavy atom. The van der Waals surface area contributed by atoms with Gasteiger partial charge < -0.3 is 11.1 Å². The van der Waals surface area contributed by atoms with Crippen LogP contribution in [0.15, 0.2) is 0 Å². The predicted molar refractivity (Wildman–Crippen MR) is 69.7 cm³/mol.